The lowest BCUT2D eigenvalue weighted by molar-refractivity contribution is 0.0948. The molecule has 1 aliphatic heterocycles. The lowest BCUT2D eigenvalue weighted by Crippen LogP contribution is -2.41. The van der Waals surface area contributed by atoms with Crippen molar-refractivity contribution < 1.29 is 4.79 Å². The van der Waals surface area contributed by atoms with Crippen LogP contribution in [0.25, 0.3) is 0 Å². The van der Waals surface area contributed by atoms with Crippen molar-refractivity contribution >= 4 is 52.4 Å². The molecule has 0 aliphatic carbocycles. The van der Waals surface area contributed by atoms with Crippen LogP contribution in [0.1, 0.15) is 46.9 Å². The number of amides is 1. The second kappa shape index (κ2) is 13.1. The minimum Gasteiger partial charge on any atom is -0.351 e. The first-order valence-corrected chi connectivity index (χ1v) is 14.1. The number of pyridine rings is 1. The predicted molar refractivity (Wildman–Crippen MR) is 156 cm³/mol. The third-order valence-electron chi connectivity index (χ3n) is 6.26. The Kier molecular flexibility index (Phi) is 9.62. The van der Waals surface area contributed by atoms with E-state index < -0.39 is 0 Å². The average molecular weight is 555 g/mol. The highest BCUT2D eigenvalue weighted by molar-refractivity contribution is 7.98. The fourth-order valence-electron chi connectivity index (χ4n) is 4.18. The number of thiocarbonyl (C=S) groups is 1. The molecule has 4 rings (SSSR count). The van der Waals surface area contributed by atoms with Gasteiger partial charge in [0.25, 0.3) is 5.91 Å². The van der Waals surface area contributed by atoms with Crippen LogP contribution >= 0.6 is 35.6 Å². The Morgan fingerprint density at radius 2 is 1.86 bits per heavy atom. The highest BCUT2D eigenvalue weighted by atomic mass is 35.5. The third-order valence-corrected chi connectivity index (χ3v) is 7.91. The van der Waals surface area contributed by atoms with Crippen molar-refractivity contribution in [3.8, 4) is 0 Å². The van der Waals surface area contributed by atoms with Gasteiger partial charge in [0.2, 0.25) is 0 Å². The van der Waals surface area contributed by atoms with E-state index in [1.165, 1.54) is 27.8 Å². The van der Waals surface area contributed by atoms with Crippen LogP contribution in [-0.2, 0) is 5.75 Å². The summed E-state index contributed by atoms with van der Waals surface area (Å²) in [7, 11) is 0. The number of hydrogen-bond donors (Lipinski definition) is 4. The Balaban J connectivity index is 1.38. The van der Waals surface area contributed by atoms with Gasteiger partial charge in [0.15, 0.2) is 10.9 Å². The largest absolute Gasteiger partial charge is 0.351 e. The predicted octanol–water partition coefficient (Wildman–Crippen LogP) is 4.99. The summed E-state index contributed by atoms with van der Waals surface area (Å²) in [6.45, 7) is 7.45. The Morgan fingerprint density at radius 1 is 1.14 bits per heavy atom. The van der Waals surface area contributed by atoms with Gasteiger partial charge in [-0.3, -0.25) is 15.6 Å². The first-order chi connectivity index (χ1) is 18.0. The van der Waals surface area contributed by atoms with Crippen molar-refractivity contribution in [1.29, 1.82) is 0 Å². The number of fused-ring (bicyclic) bond motifs is 2. The van der Waals surface area contributed by atoms with Crippen LogP contribution in [0.4, 0.5) is 5.82 Å². The smallest absolute Gasteiger partial charge is 0.252 e. The maximum absolute atomic E-state index is 12.5. The summed E-state index contributed by atoms with van der Waals surface area (Å²) in [6.07, 6.45) is 1.49. The van der Waals surface area contributed by atoms with E-state index in [-0.39, 0.29) is 11.9 Å². The molecule has 4 N–H and O–H groups in total. The minimum atomic E-state index is -0.207. The molecule has 0 bridgehead atoms. The molecule has 10 heteroatoms. The standard InChI is InChI=1S/C27H31ClN6OS2/c1-3-34(4-2)14-13-29-26(35)19-15-22(28)25(30-16-19)32-33-27(36)31-24-20-10-6-5-9-18(20)17-37-23-12-8-7-11-21(23)24/h5-12,15-16,24H,3-4,13-14,17H2,1-2H3,(H,29,35)(H,30,32)(H2,31,33,36). The second-order valence-electron chi connectivity index (χ2n) is 8.52. The molecule has 0 fully saturated rings. The first-order valence-electron chi connectivity index (χ1n) is 12.3. The van der Waals surface area contributed by atoms with E-state index >= 15 is 0 Å². The molecule has 37 heavy (non-hydrogen) atoms. The quantitative estimate of drug-likeness (QED) is 0.217. The molecule has 2 aromatic carbocycles. The number of benzene rings is 2. The van der Waals surface area contributed by atoms with Gasteiger partial charge in [-0.15, -0.1) is 11.8 Å². The van der Waals surface area contributed by atoms with Crippen molar-refractivity contribution in [2.45, 2.75) is 30.5 Å². The fraction of sp³-hybridized carbons (Fsp3) is 0.296. The summed E-state index contributed by atoms with van der Waals surface area (Å²) < 4.78 is 0. The SMILES string of the molecule is CCN(CC)CCNC(=O)c1cnc(NNC(=S)NC2c3ccccc3CSc3ccccc32)c(Cl)c1. The molecule has 1 unspecified atom stereocenters. The summed E-state index contributed by atoms with van der Waals surface area (Å²) in [5.41, 5.74) is 9.99. The van der Waals surface area contributed by atoms with Crippen molar-refractivity contribution in [1.82, 2.24) is 25.9 Å². The number of carbonyl (C=O) groups is 1. The van der Waals surface area contributed by atoms with Gasteiger partial charge in [-0.05, 0) is 54.1 Å². The molecule has 1 amide bonds. The van der Waals surface area contributed by atoms with Crippen molar-refractivity contribution in [3.05, 3.63) is 88.1 Å². The number of hydrogen-bond acceptors (Lipinski definition) is 6. The Bertz CT molecular complexity index is 1210. The molecule has 1 atom stereocenters. The number of anilines is 1. The second-order valence-corrected chi connectivity index (χ2v) is 10.4. The monoisotopic (exact) mass is 554 g/mol. The summed E-state index contributed by atoms with van der Waals surface area (Å²) in [6, 6.07) is 18.3. The number of thioether (sulfide) groups is 1. The van der Waals surface area contributed by atoms with Crippen LogP contribution in [0.5, 0.6) is 0 Å². The molecule has 1 aromatic heterocycles. The summed E-state index contributed by atoms with van der Waals surface area (Å²) in [5, 5.41) is 7.07. The van der Waals surface area contributed by atoms with E-state index in [0.29, 0.717) is 28.1 Å². The number of hydrazine groups is 1. The molecule has 0 radical (unpaired) electrons. The summed E-state index contributed by atoms with van der Waals surface area (Å²) in [5.74, 6) is 1.07. The van der Waals surface area contributed by atoms with Crippen LogP contribution in [-0.4, -0.2) is 47.1 Å². The zero-order chi connectivity index (χ0) is 26.2. The summed E-state index contributed by atoms with van der Waals surface area (Å²) in [4.78, 5) is 20.3. The molecule has 0 saturated carbocycles. The van der Waals surface area contributed by atoms with Gasteiger partial charge in [-0.25, -0.2) is 4.98 Å². The molecule has 0 spiro atoms. The van der Waals surface area contributed by atoms with E-state index in [9.17, 15) is 4.79 Å². The summed E-state index contributed by atoms with van der Waals surface area (Å²) >= 11 is 13.8. The molecular weight excluding hydrogens is 524 g/mol. The number of aromatic nitrogens is 1. The van der Waals surface area contributed by atoms with E-state index in [0.717, 1.165) is 25.4 Å². The molecule has 1 aliphatic rings. The maximum atomic E-state index is 12.5. The number of nitrogens with zero attached hydrogens (tertiary/aromatic N) is 2. The Morgan fingerprint density at radius 3 is 2.62 bits per heavy atom. The van der Waals surface area contributed by atoms with Crippen LogP contribution in [0.3, 0.4) is 0 Å². The molecular formula is C27H31ClN6OS2. The van der Waals surface area contributed by atoms with Gasteiger partial charge in [0.05, 0.1) is 16.6 Å². The number of halogens is 1. The topological polar surface area (TPSA) is 81.3 Å². The maximum Gasteiger partial charge on any atom is 0.252 e. The van der Waals surface area contributed by atoms with Gasteiger partial charge in [0, 0.05) is 29.9 Å². The van der Waals surface area contributed by atoms with Gasteiger partial charge in [0.1, 0.15) is 0 Å². The molecule has 7 nitrogen and oxygen atoms in total. The zero-order valence-corrected chi connectivity index (χ0v) is 23.3. The van der Waals surface area contributed by atoms with Crippen molar-refractivity contribution in [2.75, 3.05) is 31.6 Å². The number of nitrogens with one attached hydrogen (secondary N) is 4. The molecule has 194 valence electrons. The average Bonchev–Trinajstić information content (AvgIpc) is 3.07. The molecule has 0 saturated heterocycles. The van der Waals surface area contributed by atoms with E-state index in [1.807, 2.05) is 23.9 Å². The van der Waals surface area contributed by atoms with Crippen LogP contribution < -0.4 is 21.5 Å². The zero-order valence-electron chi connectivity index (χ0n) is 20.9. The minimum absolute atomic E-state index is 0.102. The van der Waals surface area contributed by atoms with Gasteiger partial charge in [-0.2, -0.15) is 0 Å². The van der Waals surface area contributed by atoms with Crippen LogP contribution in [0, 0.1) is 0 Å². The number of likely N-dealkylation sites (N-methyl/N-ethyl adjacent to an activating group) is 1. The highest BCUT2D eigenvalue weighted by Gasteiger charge is 2.24. The fourth-order valence-corrected chi connectivity index (χ4v) is 5.67. The first kappa shape index (κ1) is 27.2. The van der Waals surface area contributed by atoms with Crippen molar-refractivity contribution in [2.24, 2.45) is 0 Å². The third kappa shape index (κ3) is 6.93. The van der Waals surface area contributed by atoms with Crippen LogP contribution in [0.15, 0.2) is 65.7 Å². The number of carbonyl (C=O) groups excluding carboxylic acids is 1. The molecule has 3 aromatic rings. The van der Waals surface area contributed by atoms with Gasteiger partial charge in [-0.1, -0.05) is 67.9 Å². The van der Waals surface area contributed by atoms with Gasteiger partial charge >= 0.3 is 0 Å². The van der Waals surface area contributed by atoms with Crippen LogP contribution in [0.2, 0.25) is 5.02 Å². The lowest BCUT2D eigenvalue weighted by atomic mass is 9.95. The number of rotatable bonds is 9. The Labute approximate surface area is 232 Å². The highest BCUT2D eigenvalue weighted by Crippen LogP contribution is 2.39. The van der Waals surface area contributed by atoms with E-state index in [2.05, 4.69) is 81.6 Å². The molecule has 2 heterocycles. The Hall–Kier alpha value is -2.85. The lowest BCUT2D eigenvalue weighted by Gasteiger charge is -2.23. The van der Waals surface area contributed by atoms with E-state index in [4.69, 9.17) is 23.8 Å². The van der Waals surface area contributed by atoms with Crippen molar-refractivity contribution in [3.63, 3.8) is 0 Å². The van der Waals surface area contributed by atoms with Gasteiger partial charge < -0.3 is 15.5 Å². The van der Waals surface area contributed by atoms with E-state index in [1.54, 1.807) is 6.07 Å². The normalized spacial score (nSPS) is 14.2.